The molecule has 0 saturated carbocycles. The maximum Gasteiger partial charge on any atom is 0.257 e. The maximum atomic E-state index is 13.4. The van der Waals surface area contributed by atoms with Gasteiger partial charge in [-0.05, 0) is 61.7 Å². The number of benzene rings is 2. The Morgan fingerprint density at radius 2 is 1.90 bits per heavy atom. The minimum absolute atomic E-state index is 0.0132. The van der Waals surface area contributed by atoms with Crippen molar-refractivity contribution >= 4 is 29.1 Å². The SMILES string of the molecule is O=C(COc1ccc(Cl)cc1)NCC1CCN(CCCOc2ccc(Cl)c(F)c2)C1. The molecule has 0 radical (unpaired) electrons. The van der Waals surface area contributed by atoms with E-state index in [9.17, 15) is 9.18 Å². The molecule has 2 aromatic carbocycles. The molecule has 1 unspecified atom stereocenters. The van der Waals surface area contributed by atoms with Gasteiger partial charge in [0.1, 0.15) is 17.3 Å². The molecule has 0 aromatic heterocycles. The smallest absolute Gasteiger partial charge is 0.257 e. The van der Waals surface area contributed by atoms with E-state index in [4.69, 9.17) is 32.7 Å². The molecule has 3 rings (SSSR count). The zero-order valence-electron chi connectivity index (χ0n) is 16.6. The van der Waals surface area contributed by atoms with Crippen LogP contribution >= 0.6 is 23.2 Å². The van der Waals surface area contributed by atoms with Crippen LogP contribution in [0.25, 0.3) is 0 Å². The summed E-state index contributed by atoms with van der Waals surface area (Å²) in [6.45, 7) is 3.98. The van der Waals surface area contributed by atoms with Gasteiger partial charge in [0.15, 0.2) is 6.61 Å². The van der Waals surface area contributed by atoms with Crippen molar-refractivity contribution in [2.75, 3.05) is 39.4 Å². The van der Waals surface area contributed by atoms with Crippen LogP contribution in [0.15, 0.2) is 42.5 Å². The Hall–Kier alpha value is -2.02. The van der Waals surface area contributed by atoms with Crippen LogP contribution in [0.2, 0.25) is 10.0 Å². The van der Waals surface area contributed by atoms with E-state index in [1.54, 1.807) is 30.3 Å². The van der Waals surface area contributed by atoms with Crippen molar-refractivity contribution in [3.05, 3.63) is 58.3 Å². The summed E-state index contributed by atoms with van der Waals surface area (Å²) in [5.41, 5.74) is 0. The lowest BCUT2D eigenvalue weighted by Gasteiger charge is -2.16. The molecule has 2 aromatic rings. The first kappa shape index (κ1) is 22.7. The van der Waals surface area contributed by atoms with Gasteiger partial charge in [-0.3, -0.25) is 4.79 Å². The molecule has 1 fully saturated rings. The third kappa shape index (κ3) is 7.35. The zero-order chi connectivity index (χ0) is 21.3. The van der Waals surface area contributed by atoms with Gasteiger partial charge in [-0.2, -0.15) is 0 Å². The highest BCUT2D eigenvalue weighted by atomic mass is 35.5. The van der Waals surface area contributed by atoms with Crippen molar-refractivity contribution in [1.82, 2.24) is 10.2 Å². The predicted molar refractivity (Wildman–Crippen MR) is 116 cm³/mol. The molecule has 0 spiro atoms. The number of likely N-dealkylation sites (tertiary alicyclic amines) is 1. The van der Waals surface area contributed by atoms with Crippen LogP contribution in [0.3, 0.4) is 0 Å². The normalized spacial score (nSPS) is 16.4. The number of hydrogen-bond acceptors (Lipinski definition) is 4. The average molecular weight is 455 g/mol. The predicted octanol–water partition coefficient (Wildman–Crippen LogP) is 4.42. The molecule has 1 N–H and O–H groups in total. The number of halogens is 3. The first-order chi connectivity index (χ1) is 14.5. The van der Waals surface area contributed by atoms with Crippen LogP contribution in [0.5, 0.6) is 11.5 Å². The third-order valence-corrected chi connectivity index (χ3v) is 5.48. The highest BCUT2D eigenvalue weighted by Crippen LogP contribution is 2.21. The molecule has 30 heavy (non-hydrogen) atoms. The standard InChI is InChI=1S/C22H25Cl2FN2O3/c23-17-2-4-18(5-3-17)30-15-22(28)26-13-16-8-10-27(14-16)9-1-11-29-19-6-7-20(24)21(25)12-19/h2-7,12,16H,1,8-11,13-15H2,(H,26,28). The highest BCUT2D eigenvalue weighted by molar-refractivity contribution is 6.30. The van der Waals surface area contributed by atoms with E-state index in [2.05, 4.69) is 10.2 Å². The molecule has 1 heterocycles. The lowest BCUT2D eigenvalue weighted by molar-refractivity contribution is -0.123. The maximum absolute atomic E-state index is 13.4. The molecule has 1 saturated heterocycles. The van der Waals surface area contributed by atoms with Crippen LogP contribution in [0, 0.1) is 11.7 Å². The van der Waals surface area contributed by atoms with E-state index >= 15 is 0 Å². The summed E-state index contributed by atoms with van der Waals surface area (Å²) in [6.07, 6.45) is 1.89. The quantitative estimate of drug-likeness (QED) is 0.539. The molecule has 1 aliphatic rings. The van der Waals surface area contributed by atoms with Crippen LogP contribution in [0.4, 0.5) is 4.39 Å². The number of carbonyl (C=O) groups excluding carboxylic acids is 1. The molecule has 1 atom stereocenters. The molecule has 0 aliphatic carbocycles. The van der Waals surface area contributed by atoms with Gasteiger partial charge in [0, 0.05) is 30.7 Å². The van der Waals surface area contributed by atoms with Crippen molar-refractivity contribution in [3.8, 4) is 11.5 Å². The summed E-state index contributed by atoms with van der Waals surface area (Å²) in [5.74, 6) is 0.921. The second-order valence-corrected chi connectivity index (χ2v) is 8.12. The summed E-state index contributed by atoms with van der Waals surface area (Å²) in [5, 5.41) is 3.66. The fourth-order valence-corrected chi connectivity index (χ4v) is 3.56. The Morgan fingerprint density at radius 1 is 1.13 bits per heavy atom. The molecule has 0 bridgehead atoms. The van der Waals surface area contributed by atoms with Crippen molar-refractivity contribution in [1.29, 1.82) is 0 Å². The van der Waals surface area contributed by atoms with Gasteiger partial charge in [0.05, 0.1) is 11.6 Å². The Bertz CT molecular complexity index is 836. The highest BCUT2D eigenvalue weighted by Gasteiger charge is 2.22. The van der Waals surface area contributed by atoms with E-state index in [0.717, 1.165) is 32.5 Å². The minimum Gasteiger partial charge on any atom is -0.493 e. The largest absolute Gasteiger partial charge is 0.493 e. The van der Waals surface area contributed by atoms with Crippen LogP contribution in [-0.2, 0) is 4.79 Å². The van der Waals surface area contributed by atoms with E-state index in [1.807, 2.05) is 0 Å². The first-order valence-electron chi connectivity index (χ1n) is 9.95. The summed E-state index contributed by atoms with van der Waals surface area (Å²) in [6, 6.07) is 11.4. The Balaban J connectivity index is 1.26. The molecular formula is C22H25Cl2FN2O3. The molecule has 5 nitrogen and oxygen atoms in total. The number of nitrogens with zero attached hydrogens (tertiary/aromatic N) is 1. The second kappa shape index (κ2) is 11.4. The number of hydrogen-bond donors (Lipinski definition) is 1. The summed E-state index contributed by atoms with van der Waals surface area (Å²) < 4.78 is 24.4. The van der Waals surface area contributed by atoms with Gasteiger partial charge in [-0.25, -0.2) is 4.39 Å². The van der Waals surface area contributed by atoms with Gasteiger partial charge >= 0.3 is 0 Å². The fraction of sp³-hybridized carbons (Fsp3) is 0.409. The van der Waals surface area contributed by atoms with Crippen LogP contribution in [-0.4, -0.2) is 50.2 Å². The number of rotatable bonds is 10. The summed E-state index contributed by atoms with van der Waals surface area (Å²) >= 11 is 11.5. The number of carbonyl (C=O) groups is 1. The molecule has 1 aliphatic heterocycles. The van der Waals surface area contributed by atoms with E-state index in [-0.39, 0.29) is 17.5 Å². The molecule has 8 heteroatoms. The van der Waals surface area contributed by atoms with Gasteiger partial charge < -0.3 is 19.7 Å². The molecule has 1 amide bonds. The lowest BCUT2D eigenvalue weighted by Crippen LogP contribution is -2.34. The zero-order valence-corrected chi connectivity index (χ0v) is 18.1. The van der Waals surface area contributed by atoms with Gasteiger partial charge in [-0.1, -0.05) is 23.2 Å². The Kier molecular flexibility index (Phi) is 8.61. The van der Waals surface area contributed by atoms with Gasteiger partial charge in [0.2, 0.25) is 0 Å². The number of amides is 1. The Labute approximate surface area is 186 Å². The van der Waals surface area contributed by atoms with E-state index < -0.39 is 5.82 Å². The monoisotopic (exact) mass is 454 g/mol. The summed E-state index contributed by atoms with van der Waals surface area (Å²) in [4.78, 5) is 14.3. The van der Waals surface area contributed by atoms with E-state index in [1.165, 1.54) is 12.1 Å². The van der Waals surface area contributed by atoms with Crippen molar-refractivity contribution in [3.63, 3.8) is 0 Å². The molecule has 162 valence electrons. The Morgan fingerprint density at radius 3 is 2.67 bits per heavy atom. The van der Waals surface area contributed by atoms with E-state index in [0.29, 0.717) is 35.6 Å². The van der Waals surface area contributed by atoms with Crippen LogP contribution < -0.4 is 14.8 Å². The van der Waals surface area contributed by atoms with Gasteiger partial charge in [0.25, 0.3) is 5.91 Å². The van der Waals surface area contributed by atoms with Crippen molar-refractivity contribution in [2.45, 2.75) is 12.8 Å². The average Bonchev–Trinajstić information content (AvgIpc) is 3.19. The topological polar surface area (TPSA) is 50.8 Å². The second-order valence-electron chi connectivity index (χ2n) is 7.28. The van der Waals surface area contributed by atoms with Crippen molar-refractivity contribution < 1.29 is 18.7 Å². The van der Waals surface area contributed by atoms with Crippen LogP contribution in [0.1, 0.15) is 12.8 Å². The van der Waals surface area contributed by atoms with Crippen molar-refractivity contribution in [2.24, 2.45) is 5.92 Å². The lowest BCUT2D eigenvalue weighted by atomic mass is 10.1. The fourth-order valence-electron chi connectivity index (χ4n) is 3.32. The number of nitrogens with one attached hydrogen (secondary N) is 1. The third-order valence-electron chi connectivity index (χ3n) is 4.92. The summed E-state index contributed by atoms with van der Waals surface area (Å²) in [7, 11) is 0. The first-order valence-corrected chi connectivity index (χ1v) is 10.7. The molecular weight excluding hydrogens is 430 g/mol. The number of ether oxygens (including phenoxy) is 2. The minimum atomic E-state index is -0.475. The van der Waals surface area contributed by atoms with Gasteiger partial charge in [-0.15, -0.1) is 0 Å².